The lowest BCUT2D eigenvalue weighted by Gasteiger charge is -2.01. The maximum Gasteiger partial charge on any atom is 0.328 e. The van der Waals surface area contributed by atoms with Crippen molar-refractivity contribution in [1.29, 1.82) is 0 Å². The lowest BCUT2D eigenvalue weighted by atomic mass is 10.1. The van der Waals surface area contributed by atoms with Crippen LogP contribution in [0, 0.1) is 0 Å². The molecule has 0 unspecified atom stereocenters. The molecule has 0 atom stereocenters. The Hall–Kier alpha value is -1.05. The second kappa shape index (κ2) is 10.5. The maximum atomic E-state index is 10.4. The molecule has 0 heterocycles. The number of rotatable bonds is 10. The molecule has 2 nitrogen and oxygen atoms in total. The molecule has 92 valence electrons. The molecule has 0 aromatic heterocycles. The van der Waals surface area contributed by atoms with Crippen molar-refractivity contribution in [3.8, 4) is 0 Å². The molecule has 2 heteroatoms. The quantitative estimate of drug-likeness (QED) is 0.341. The third kappa shape index (κ3) is 11.0. The van der Waals surface area contributed by atoms with E-state index in [4.69, 9.17) is 5.11 Å². The number of allylic oxidation sites excluding steroid dienone is 2. The molecule has 0 spiro atoms. The average molecular weight is 224 g/mol. The highest BCUT2D eigenvalue weighted by atomic mass is 16.4. The molecule has 0 saturated carbocycles. The monoisotopic (exact) mass is 224 g/mol. The highest BCUT2D eigenvalue weighted by Crippen LogP contribution is 2.11. The van der Waals surface area contributed by atoms with Gasteiger partial charge in [0, 0.05) is 6.08 Å². The summed E-state index contributed by atoms with van der Waals surface area (Å²) in [5, 5.41) is 8.52. The summed E-state index contributed by atoms with van der Waals surface area (Å²) in [6.07, 6.45) is 12.7. The molecule has 0 rings (SSSR count). The molecule has 0 saturated heterocycles. The summed E-state index contributed by atoms with van der Waals surface area (Å²) >= 11 is 0. The van der Waals surface area contributed by atoms with Crippen LogP contribution in [0.4, 0.5) is 0 Å². The molecule has 0 aliphatic rings. The highest BCUT2D eigenvalue weighted by Gasteiger charge is 1.95. The Kier molecular flexibility index (Phi) is 9.78. The van der Waals surface area contributed by atoms with Crippen molar-refractivity contribution in [3.63, 3.8) is 0 Å². The van der Waals surface area contributed by atoms with Crippen LogP contribution in [0.2, 0.25) is 0 Å². The van der Waals surface area contributed by atoms with Crippen molar-refractivity contribution in [2.24, 2.45) is 0 Å². The molecule has 0 fully saturated rings. The van der Waals surface area contributed by atoms with E-state index in [1.165, 1.54) is 38.2 Å². The van der Waals surface area contributed by atoms with Crippen molar-refractivity contribution in [1.82, 2.24) is 0 Å². The smallest absolute Gasteiger partial charge is 0.328 e. The Balaban J connectivity index is 3.27. The predicted octanol–water partition coefficient (Wildman–Crippen LogP) is 4.32. The molecule has 0 aliphatic carbocycles. The van der Waals surface area contributed by atoms with Crippen LogP contribution in [-0.2, 0) is 4.79 Å². The van der Waals surface area contributed by atoms with Gasteiger partial charge in [0.1, 0.15) is 0 Å². The molecule has 0 aliphatic heterocycles. The Bertz CT molecular complexity index is 229. The van der Waals surface area contributed by atoms with Crippen LogP contribution in [0.3, 0.4) is 0 Å². The summed E-state index contributed by atoms with van der Waals surface area (Å²) in [7, 11) is 0. The molecule has 0 amide bonds. The van der Waals surface area contributed by atoms with Crippen LogP contribution in [0.5, 0.6) is 0 Å². The highest BCUT2D eigenvalue weighted by molar-refractivity contribution is 5.80. The first-order valence-electron chi connectivity index (χ1n) is 6.18. The van der Waals surface area contributed by atoms with E-state index in [0.29, 0.717) is 0 Å². The van der Waals surface area contributed by atoms with Crippen molar-refractivity contribution >= 4 is 5.97 Å². The van der Waals surface area contributed by atoms with Gasteiger partial charge in [-0.2, -0.15) is 0 Å². The summed E-state index contributed by atoms with van der Waals surface area (Å²) < 4.78 is 0. The zero-order valence-corrected chi connectivity index (χ0v) is 10.4. The average Bonchev–Trinajstić information content (AvgIpc) is 2.21. The lowest BCUT2D eigenvalue weighted by molar-refractivity contribution is -0.131. The predicted molar refractivity (Wildman–Crippen MR) is 68.5 cm³/mol. The number of carbonyl (C=O) groups is 1. The van der Waals surface area contributed by atoms with Gasteiger partial charge in [-0.25, -0.2) is 4.79 Å². The summed E-state index contributed by atoms with van der Waals surface area (Å²) in [5.74, 6) is -0.832. The van der Waals surface area contributed by atoms with Gasteiger partial charge in [-0.3, -0.25) is 0 Å². The molecule has 0 radical (unpaired) electrons. The largest absolute Gasteiger partial charge is 0.478 e. The first-order chi connectivity index (χ1) is 7.66. The van der Waals surface area contributed by atoms with E-state index in [1.54, 1.807) is 0 Å². The third-order valence-corrected chi connectivity index (χ3v) is 2.60. The fourth-order valence-electron chi connectivity index (χ4n) is 1.68. The Morgan fingerprint density at radius 3 is 2.25 bits per heavy atom. The van der Waals surface area contributed by atoms with Crippen LogP contribution < -0.4 is 0 Å². The van der Waals surface area contributed by atoms with Gasteiger partial charge in [0.2, 0.25) is 0 Å². The molecular weight excluding hydrogens is 200 g/mol. The lowest BCUT2D eigenvalue weighted by Crippen LogP contribution is -1.90. The van der Waals surface area contributed by atoms with E-state index in [2.05, 4.69) is 6.58 Å². The van der Waals surface area contributed by atoms with Crippen molar-refractivity contribution in [2.75, 3.05) is 0 Å². The Labute approximate surface area is 99.1 Å². The summed E-state index contributed by atoms with van der Waals surface area (Å²) in [6, 6.07) is 0. The summed E-state index contributed by atoms with van der Waals surface area (Å²) in [4.78, 5) is 10.4. The fourth-order valence-corrected chi connectivity index (χ4v) is 1.68. The van der Waals surface area contributed by atoms with Gasteiger partial charge < -0.3 is 5.11 Å². The van der Waals surface area contributed by atoms with Gasteiger partial charge in [0.15, 0.2) is 0 Å². The number of hydrogen-bond donors (Lipinski definition) is 1. The van der Waals surface area contributed by atoms with E-state index < -0.39 is 5.97 Å². The second-order valence-corrected chi connectivity index (χ2v) is 4.28. The van der Waals surface area contributed by atoms with E-state index in [1.807, 2.05) is 13.0 Å². The van der Waals surface area contributed by atoms with Gasteiger partial charge in [-0.15, -0.1) is 6.58 Å². The molecular formula is C14H24O2. The first-order valence-corrected chi connectivity index (χ1v) is 6.18. The van der Waals surface area contributed by atoms with Gasteiger partial charge in [0.05, 0.1) is 0 Å². The summed E-state index contributed by atoms with van der Waals surface area (Å²) in [5.41, 5.74) is 0.971. The maximum absolute atomic E-state index is 10.4. The number of hydrogen-bond acceptors (Lipinski definition) is 1. The van der Waals surface area contributed by atoms with Crippen LogP contribution >= 0.6 is 0 Å². The SMILES string of the molecule is C=CCCCCCCCCC(C)=CC(=O)O. The standard InChI is InChI=1S/C14H24O2/c1-3-4-5-6-7-8-9-10-11-13(2)12-14(15)16/h3,12H,1,4-11H2,2H3,(H,15,16). The van der Waals surface area contributed by atoms with Gasteiger partial charge in [0.25, 0.3) is 0 Å². The number of carboxylic acids is 1. The van der Waals surface area contributed by atoms with Crippen molar-refractivity contribution < 1.29 is 9.90 Å². The van der Waals surface area contributed by atoms with Crippen LogP contribution in [0.15, 0.2) is 24.3 Å². The van der Waals surface area contributed by atoms with Crippen LogP contribution in [0.25, 0.3) is 0 Å². The molecule has 0 aromatic rings. The molecule has 0 bridgehead atoms. The van der Waals surface area contributed by atoms with E-state index in [9.17, 15) is 4.79 Å². The Morgan fingerprint density at radius 2 is 1.69 bits per heavy atom. The fraction of sp³-hybridized carbons (Fsp3) is 0.643. The second-order valence-electron chi connectivity index (χ2n) is 4.28. The molecule has 16 heavy (non-hydrogen) atoms. The van der Waals surface area contributed by atoms with E-state index in [0.717, 1.165) is 24.8 Å². The van der Waals surface area contributed by atoms with Crippen molar-refractivity contribution in [2.45, 2.75) is 58.3 Å². The minimum absolute atomic E-state index is 0.832. The normalized spacial score (nSPS) is 11.4. The van der Waals surface area contributed by atoms with Crippen LogP contribution in [-0.4, -0.2) is 11.1 Å². The zero-order valence-electron chi connectivity index (χ0n) is 10.4. The zero-order chi connectivity index (χ0) is 12.2. The first kappa shape index (κ1) is 14.9. The topological polar surface area (TPSA) is 37.3 Å². The van der Waals surface area contributed by atoms with Crippen molar-refractivity contribution in [3.05, 3.63) is 24.3 Å². The van der Waals surface area contributed by atoms with E-state index in [-0.39, 0.29) is 0 Å². The number of unbranched alkanes of at least 4 members (excludes halogenated alkanes) is 6. The summed E-state index contributed by atoms with van der Waals surface area (Å²) in [6.45, 7) is 5.58. The van der Waals surface area contributed by atoms with Gasteiger partial charge >= 0.3 is 5.97 Å². The molecule has 1 N–H and O–H groups in total. The minimum atomic E-state index is -0.832. The third-order valence-electron chi connectivity index (χ3n) is 2.60. The number of aliphatic carboxylic acids is 1. The molecule has 0 aromatic carbocycles. The van der Waals surface area contributed by atoms with Crippen LogP contribution in [0.1, 0.15) is 58.3 Å². The Morgan fingerprint density at radius 1 is 1.12 bits per heavy atom. The van der Waals surface area contributed by atoms with Gasteiger partial charge in [-0.05, 0) is 32.6 Å². The number of carboxylic acid groups (broad SMARTS) is 1. The minimum Gasteiger partial charge on any atom is -0.478 e. The van der Waals surface area contributed by atoms with Gasteiger partial charge in [-0.1, -0.05) is 37.3 Å². The van der Waals surface area contributed by atoms with E-state index >= 15 is 0 Å².